The summed E-state index contributed by atoms with van der Waals surface area (Å²) in [6.07, 6.45) is 2.81. The smallest absolute Gasteiger partial charge is 0.410 e. The van der Waals surface area contributed by atoms with Crippen molar-refractivity contribution in [2.45, 2.75) is 45.6 Å². The van der Waals surface area contributed by atoms with E-state index < -0.39 is 5.60 Å². The average Bonchev–Trinajstić information content (AvgIpc) is 3.13. The Morgan fingerprint density at radius 3 is 2.67 bits per heavy atom. The molecule has 2 rings (SSSR count). The molecule has 0 radical (unpaired) electrons. The summed E-state index contributed by atoms with van der Waals surface area (Å²) in [5, 5.41) is 5.61. The van der Waals surface area contributed by atoms with Crippen LogP contribution in [0.3, 0.4) is 0 Å². The molecule has 152 valence electrons. The number of aliphatic imine (C=N–C) groups is 1. The number of nitrogens with zero attached hydrogens (tertiary/aromatic N) is 3. The fourth-order valence-electron chi connectivity index (χ4n) is 3.11. The molecule has 27 heavy (non-hydrogen) atoms. The second-order valence-corrected chi connectivity index (χ2v) is 9.12. The van der Waals surface area contributed by atoms with Crippen LogP contribution in [0.5, 0.6) is 0 Å². The summed E-state index contributed by atoms with van der Waals surface area (Å²) in [6.45, 7) is 9.06. The summed E-state index contributed by atoms with van der Waals surface area (Å²) >= 11 is 1.80. The van der Waals surface area contributed by atoms with Gasteiger partial charge in [-0.2, -0.15) is 0 Å². The van der Waals surface area contributed by atoms with Crippen molar-refractivity contribution in [3.8, 4) is 0 Å². The molecule has 1 amide bonds. The summed E-state index contributed by atoms with van der Waals surface area (Å²) in [4.78, 5) is 22.0. The Kier molecular flexibility index (Phi) is 7.95. The largest absolute Gasteiger partial charge is 0.444 e. The van der Waals surface area contributed by atoms with Crippen molar-refractivity contribution in [2.75, 3.05) is 40.3 Å². The predicted octanol–water partition coefficient (Wildman–Crippen LogP) is 3.44. The van der Waals surface area contributed by atoms with Gasteiger partial charge >= 0.3 is 6.09 Å². The molecule has 0 bridgehead atoms. The van der Waals surface area contributed by atoms with Crippen molar-refractivity contribution in [1.82, 2.24) is 15.1 Å². The third-order valence-corrected chi connectivity index (χ3v) is 5.60. The van der Waals surface area contributed by atoms with E-state index in [1.165, 1.54) is 4.88 Å². The number of likely N-dealkylation sites (N-methyl/N-ethyl adjacent to an activating group) is 1. The highest BCUT2D eigenvalue weighted by molar-refractivity contribution is 7.09. The number of hydrogen-bond acceptors (Lipinski definition) is 4. The minimum Gasteiger partial charge on any atom is -0.444 e. The number of rotatable bonds is 5. The summed E-state index contributed by atoms with van der Waals surface area (Å²) in [5.41, 5.74) is -0.435. The normalized spacial score (nSPS) is 16.3. The fraction of sp³-hybridized carbons (Fsp3) is 0.700. The summed E-state index contributed by atoms with van der Waals surface area (Å²) in [5.74, 6) is 1.48. The van der Waals surface area contributed by atoms with Gasteiger partial charge in [0.25, 0.3) is 0 Å². The number of amides is 1. The number of ether oxygens (including phenoxy) is 1. The molecule has 0 unspecified atom stereocenters. The van der Waals surface area contributed by atoms with Gasteiger partial charge in [0.2, 0.25) is 0 Å². The molecule has 1 fully saturated rings. The lowest BCUT2D eigenvalue weighted by atomic mass is 9.97. The van der Waals surface area contributed by atoms with Gasteiger partial charge in [0, 0.05) is 45.2 Å². The molecular formula is C20H34N4O2S. The van der Waals surface area contributed by atoms with Crippen LogP contribution in [0.4, 0.5) is 4.79 Å². The van der Waals surface area contributed by atoms with Crippen LogP contribution in [0, 0.1) is 5.92 Å². The van der Waals surface area contributed by atoms with Crippen molar-refractivity contribution in [3.63, 3.8) is 0 Å². The van der Waals surface area contributed by atoms with Crippen LogP contribution in [0.15, 0.2) is 22.5 Å². The first-order valence-electron chi connectivity index (χ1n) is 9.70. The molecule has 0 spiro atoms. The van der Waals surface area contributed by atoms with Crippen molar-refractivity contribution in [2.24, 2.45) is 10.9 Å². The van der Waals surface area contributed by atoms with E-state index in [-0.39, 0.29) is 6.09 Å². The van der Waals surface area contributed by atoms with Crippen LogP contribution in [0.1, 0.15) is 38.5 Å². The van der Waals surface area contributed by atoms with Crippen molar-refractivity contribution < 1.29 is 9.53 Å². The molecule has 1 aromatic heterocycles. The molecule has 2 heterocycles. The van der Waals surface area contributed by atoms with Gasteiger partial charge in [0.1, 0.15) is 5.60 Å². The Morgan fingerprint density at radius 2 is 2.11 bits per heavy atom. The molecule has 7 heteroatoms. The lowest BCUT2D eigenvalue weighted by Gasteiger charge is -2.34. The highest BCUT2D eigenvalue weighted by atomic mass is 32.1. The number of hydrogen-bond donors (Lipinski definition) is 1. The number of piperidine rings is 1. The van der Waals surface area contributed by atoms with Gasteiger partial charge in [-0.25, -0.2) is 4.79 Å². The van der Waals surface area contributed by atoms with E-state index in [4.69, 9.17) is 4.74 Å². The number of carbonyl (C=O) groups is 1. The lowest BCUT2D eigenvalue weighted by Crippen LogP contribution is -2.46. The highest BCUT2D eigenvalue weighted by Gasteiger charge is 2.27. The average molecular weight is 395 g/mol. The van der Waals surface area contributed by atoms with Gasteiger partial charge in [-0.15, -0.1) is 11.3 Å². The van der Waals surface area contributed by atoms with E-state index in [1.807, 2.05) is 32.7 Å². The second-order valence-electron chi connectivity index (χ2n) is 8.09. The van der Waals surface area contributed by atoms with Gasteiger partial charge in [0.15, 0.2) is 5.96 Å². The molecule has 0 aromatic carbocycles. The molecule has 1 aliphatic rings. The molecule has 1 saturated heterocycles. The summed E-state index contributed by atoms with van der Waals surface area (Å²) in [6, 6.07) is 4.27. The first-order chi connectivity index (χ1) is 12.8. The summed E-state index contributed by atoms with van der Waals surface area (Å²) < 4.78 is 5.46. The minimum absolute atomic E-state index is 0.196. The number of likely N-dealkylation sites (tertiary alicyclic amines) is 1. The molecule has 6 nitrogen and oxygen atoms in total. The third-order valence-electron chi connectivity index (χ3n) is 4.66. The number of carbonyl (C=O) groups excluding carboxylic acids is 1. The summed E-state index contributed by atoms with van der Waals surface area (Å²) in [7, 11) is 3.91. The molecule has 0 saturated carbocycles. The van der Waals surface area contributed by atoms with Gasteiger partial charge in [-0.3, -0.25) is 4.99 Å². The lowest BCUT2D eigenvalue weighted by molar-refractivity contribution is 0.0185. The first-order valence-corrected chi connectivity index (χ1v) is 10.6. The van der Waals surface area contributed by atoms with Gasteiger partial charge in [-0.1, -0.05) is 6.07 Å². The van der Waals surface area contributed by atoms with Crippen molar-refractivity contribution in [3.05, 3.63) is 22.4 Å². The Hall–Kier alpha value is -1.76. The maximum absolute atomic E-state index is 12.2. The molecule has 1 aliphatic heterocycles. The van der Waals surface area contributed by atoms with Crippen LogP contribution in [-0.2, 0) is 11.2 Å². The quantitative estimate of drug-likeness (QED) is 0.614. The van der Waals surface area contributed by atoms with Crippen molar-refractivity contribution in [1.29, 1.82) is 0 Å². The standard InChI is InChI=1S/C20H34N4O2S/c1-20(2,3)26-19(25)24-12-8-16(9-13-24)15-22-18(21-4)23(5)11-10-17-7-6-14-27-17/h6-7,14,16H,8-13,15H2,1-5H3,(H,21,22). The zero-order valence-corrected chi connectivity index (χ0v) is 18.1. The predicted molar refractivity (Wildman–Crippen MR) is 113 cm³/mol. The number of nitrogens with one attached hydrogen (secondary N) is 1. The number of thiophene rings is 1. The van der Waals surface area contributed by atoms with Crippen LogP contribution >= 0.6 is 11.3 Å². The van der Waals surface area contributed by atoms with E-state index in [1.54, 1.807) is 11.3 Å². The third kappa shape index (κ3) is 7.40. The zero-order valence-electron chi connectivity index (χ0n) is 17.3. The van der Waals surface area contributed by atoms with Crippen LogP contribution in [-0.4, -0.2) is 67.7 Å². The van der Waals surface area contributed by atoms with Crippen LogP contribution < -0.4 is 5.32 Å². The van der Waals surface area contributed by atoms with Crippen LogP contribution in [0.25, 0.3) is 0 Å². The second kappa shape index (κ2) is 9.97. The highest BCUT2D eigenvalue weighted by Crippen LogP contribution is 2.19. The molecule has 0 aliphatic carbocycles. The molecular weight excluding hydrogens is 360 g/mol. The molecule has 1 aromatic rings. The van der Waals surface area contributed by atoms with E-state index in [9.17, 15) is 4.79 Å². The number of guanidine groups is 1. The Labute approximate surface area is 167 Å². The topological polar surface area (TPSA) is 57.2 Å². The van der Waals surface area contributed by atoms with E-state index in [0.717, 1.165) is 51.4 Å². The maximum Gasteiger partial charge on any atom is 0.410 e. The van der Waals surface area contributed by atoms with E-state index >= 15 is 0 Å². The van der Waals surface area contributed by atoms with Crippen molar-refractivity contribution >= 4 is 23.4 Å². The fourth-order valence-corrected chi connectivity index (χ4v) is 3.80. The van der Waals surface area contributed by atoms with Crippen LogP contribution in [0.2, 0.25) is 0 Å². The molecule has 0 atom stereocenters. The van der Waals surface area contributed by atoms with Gasteiger partial charge < -0.3 is 19.9 Å². The zero-order chi connectivity index (χ0) is 19.9. The Bertz CT molecular complexity index is 602. The first kappa shape index (κ1) is 21.5. The van der Waals surface area contributed by atoms with E-state index in [2.05, 4.69) is 39.8 Å². The van der Waals surface area contributed by atoms with Gasteiger partial charge in [0.05, 0.1) is 0 Å². The SMILES string of the molecule is CN=C(NCC1CCN(C(=O)OC(C)(C)C)CC1)N(C)CCc1cccs1. The Morgan fingerprint density at radius 1 is 1.41 bits per heavy atom. The maximum atomic E-state index is 12.2. The molecule has 1 N–H and O–H groups in total. The van der Waals surface area contributed by atoms with E-state index in [0.29, 0.717) is 5.92 Å². The van der Waals surface area contributed by atoms with Gasteiger partial charge in [-0.05, 0) is 57.4 Å². The Balaban J connectivity index is 1.70. The monoisotopic (exact) mass is 394 g/mol. The minimum atomic E-state index is -0.435.